The van der Waals surface area contributed by atoms with E-state index in [1.807, 2.05) is 37.3 Å². The van der Waals surface area contributed by atoms with Gasteiger partial charge in [0.2, 0.25) is 0 Å². The third kappa shape index (κ3) is 2.14. The molecule has 3 rings (SSSR count). The number of rotatable bonds is 1. The molecule has 1 heterocycles. The fourth-order valence-electron chi connectivity index (χ4n) is 2.29. The molecule has 2 nitrogen and oxygen atoms in total. The quantitative estimate of drug-likeness (QED) is 0.632. The van der Waals surface area contributed by atoms with Crippen molar-refractivity contribution in [1.82, 2.24) is 4.98 Å². The molecular weight excluding hydrogens is 366 g/mol. The van der Waals surface area contributed by atoms with Crippen LogP contribution in [0.15, 0.2) is 42.5 Å². The van der Waals surface area contributed by atoms with Crippen molar-refractivity contribution in [2.45, 2.75) is 6.92 Å². The van der Waals surface area contributed by atoms with E-state index in [0.717, 1.165) is 25.9 Å². The van der Waals surface area contributed by atoms with Crippen LogP contribution in [0.25, 0.3) is 22.2 Å². The Morgan fingerprint density at radius 2 is 1.85 bits per heavy atom. The predicted octanol–water partition coefficient (Wildman–Crippen LogP) is 4.54. The highest BCUT2D eigenvalue weighted by molar-refractivity contribution is 14.1. The Kier molecular flexibility index (Phi) is 3.33. The van der Waals surface area contributed by atoms with Crippen LogP contribution in [0.1, 0.15) is 5.56 Å². The maximum absolute atomic E-state index is 13.5. The van der Waals surface area contributed by atoms with Gasteiger partial charge >= 0.3 is 0 Å². The number of benzene rings is 2. The number of halogens is 2. The van der Waals surface area contributed by atoms with Gasteiger partial charge in [0.25, 0.3) is 0 Å². The third-order valence-electron chi connectivity index (χ3n) is 3.35. The van der Waals surface area contributed by atoms with Gasteiger partial charge < -0.3 is 5.73 Å². The van der Waals surface area contributed by atoms with Crippen molar-refractivity contribution in [3.8, 4) is 11.3 Å². The summed E-state index contributed by atoms with van der Waals surface area (Å²) in [4.78, 5) is 4.69. The first-order valence-electron chi connectivity index (χ1n) is 6.18. The highest BCUT2D eigenvalue weighted by Gasteiger charge is 2.13. The Morgan fingerprint density at radius 3 is 2.55 bits per heavy atom. The van der Waals surface area contributed by atoms with E-state index < -0.39 is 0 Å². The van der Waals surface area contributed by atoms with E-state index >= 15 is 0 Å². The van der Waals surface area contributed by atoms with E-state index in [2.05, 4.69) is 22.6 Å². The van der Waals surface area contributed by atoms with Crippen molar-refractivity contribution >= 4 is 39.2 Å². The lowest BCUT2D eigenvalue weighted by Gasteiger charge is -2.12. The Morgan fingerprint density at radius 1 is 1.15 bits per heavy atom. The second kappa shape index (κ2) is 5.01. The molecule has 0 fully saturated rings. The van der Waals surface area contributed by atoms with E-state index in [1.165, 1.54) is 12.1 Å². The Labute approximate surface area is 130 Å². The maximum Gasteiger partial charge on any atom is 0.125 e. The second-order valence-corrected chi connectivity index (χ2v) is 5.81. The number of hydrogen-bond donors (Lipinski definition) is 1. The first-order chi connectivity index (χ1) is 9.58. The predicted molar refractivity (Wildman–Crippen MR) is 89.0 cm³/mol. The van der Waals surface area contributed by atoms with Gasteiger partial charge in [-0.15, -0.1) is 0 Å². The minimum Gasteiger partial charge on any atom is -0.398 e. The fourth-order valence-corrected chi connectivity index (χ4v) is 3.00. The molecule has 0 amide bonds. The lowest BCUT2D eigenvalue weighted by molar-refractivity contribution is 0.629. The molecule has 0 radical (unpaired) electrons. The Balaban J connectivity index is 2.39. The lowest BCUT2D eigenvalue weighted by Crippen LogP contribution is -2.00. The molecule has 0 bridgehead atoms. The summed E-state index contributed by atoms with van der Waals surface area (Å²) in [5.74, 6) is -0.290. The average Bonchev–Trinajstić information content (AvgIpc) is 2.44. The Bertz CT molecular complexity index is 801. The number of aromatic nitrogens is 1. The number of pyridine rings is 1. The largest absolute Gasteiger partial charge is 0.398 e. The standard InChI is InChI=1S/C16H12FIN2/c1-9-14(19)12-7-11(17)8-13(18)16(12)20-15(9)10-5-3-2-4-6-10/h2-8H,1H3,(H2,19,20). The van der Waals surface area contributed by atoms with Gasteiger partial charge in [-0.3, -0.25) is 0 Å². The lowest BCUT2D eigenvalue weighted by atomic mass is 10.0. The SMILES string of the molecule is Cc1c(-c2ccccc2)nc2c(I)cc(F)cc2c1N. The van der Waals surface area contributed by atoms with Crippen LogP contribution in [-0.2, 0) is 0 Å². The zero-order valence-corrected chi connectivity index (χ0v) is 13.0. The van der Waals surface area contributed by atoms with Crippen molar-refractivity contribution in [1.29, 1.82) is 0 Å². The molecule has 0 saturated carbocycles. The van der Waals surface area contributed by atoms with E-state index in [9.17, 15) is 4.39 Å². The third-order valence-corrected chi connectivity index (χ3v) is 4.17. The first-order valence-corrected chi connectivity index (χ1v) is 7.26. The molecule has 2 N–H and O–H groups in total. The molecule has 0 atom stereocenters. The summed E-state index contributed by atoms with van der Waals surface area (Å²) in [7, 11) is 0. The molecule has 0 unspecified atom stereocenters. The molecule has 0 spiro atoms. The molecule has 100 valence electrons. The topological polar surface area (TPSA) is 38.9 Å². The number of anilines is 1. The van der Waals surface area contributed by atoms with Gasteiger partial charge in [-0.1, -0.05) is 30.3 Å². The summed E-state index contributed by atoms with van der Waals surface area (Å²) >= 11 is 2.09. The van der Waals surface area contributed by atoms with Crippen molar-refractivity contribution < 1.29 is 4.39 Å². The van der Waals surface area contributed by atoms with Gasteiger partial charge in [0.15, 0.2) is 0 Å². The number of nitrogens with zero attached hydrogens (tertiary/aromatic N) is 1. The summed E-state index contributed by atoms with van der Waals surface area (Å²) in [5, 5.41) is 0.673. The smallest absolute Gasteiger partial charge is 0.125 e. The van der Waals surface area contributed by atoms with Crippen LogP contribution in [-0.4, -0.2) is 4.98 Å². The van der Waals surface area contributed by atoms with E-state index in [-0.39, 0.29) is 5.82 Å². The van der Waals surface area contributed by atoms with E-state index in [1.54, 1.807) is 0 Å². The second-order valence-electron chi connectivity index (χ2n) is 4.65. The number of nitrogen functional groups attached to an aromatic ring is 1. The zero-order valence-electron chi connectivity index (χ0n) is 10.8. The number of fused-ring (bicyclic) bond motifs is 1. The van der Waals surface area contributed by atoms with Crippen LogP contribution in [0.4, 0.5) is 10.1 Å². The molecular formula is C16H12FIN2. The van der Waals surface area contributed by atoms with Crippen molar-refractivity contribution in [3.05, 3.63) is 57.4 Å². The minimum atomic E-state index is -0.290. The van der Waals surface area contributed by atoms with Gasteiger partial charge in [0.05, 0.1) is 11.2 Å². The van der Waals surface area contributed by atoms with Crippen LogP contribution in [0.3, 0.4) is 0 Å². The Hall–Kier alpha value is -1.69. The average molecular weight is 378 g/mol. The van der Waals surface area contributed by atoms with Crippen molar-refractivity contribution in [3.63, 3.8) is 0 Å². The summed E-state index contributed by atoms with van der Waals surface area (Å²) in [6, 6.07) is 12.8. The van der Waals surface area contributed by atoms with Crippen LogP contribution >= 0.6 is 22.6 Å². The zero-order chi connectivity index (χ0) is 14.3. The fraction of sp³-hybridized carbons (Fsp3) is 0.0625. The summed E-state index contributed by atoms with van der Waals surface area (Å²) in [6.07, 6.45) is 0. The molecule has 4 heteroatoms. The monoisotopic (exact) mass is 378 g/mol. The summed E-state index contributed by atoms with van der Waals surface area (Å²) in [5.41, 5.74) is 10.3. The number of hydrogen-bond acceptors (Lipinski definition) is 2. The van der Waals surface area contributed by atoms with Gasteiger partial charge in [0.1, 0.15) is 5.82 Å². The van der Waals surface area contributed by atoms with E-state index in [4.69, 9.17) is 10.7 Å². The van der Waals surface area contributed by atoms with Gasteiger partial charge in [-0.2, -0.15) is 0 Å². The highest BCUT2D eigenvalue weighted by atomic mass is 127. The molecule has 0 aliphatic heterocycles. The molecule has 0 aliphatic carbocycles. The first kappa shape index (κ1) is 13.3. The molecule has 0 saturated heterocycles. The summed E-state index contributed by atoms with van der Waals surface area (Å²) < 4.78 is 14.3. The molecule has 2 aromatic carbocycles. The van der Waals surface area contributed by atoms with Crippen molar-refractivity contribution in [2.75, 3.05) is 5.73 Å². The van der Waals surface area contributed by atoms with Crippen LogP contribution < -0.4 is 5.73 Å². The molecule has 20 heavy (non-hydrogen) atoms. The number of nitrogens with two attached hydrogens (primary N) is 1. The summed E-state index contributed by atoms with van der Waals surface area (Å²) in [6.45, 7) is 1.92. The van der Waals surface area contributed by atoms with Crippen LogP contribution in [0, 0.1) is 16.3 Å². The maximum atomic E-state index is 13.5. The molecule has 1 aromatic heterocycles. The molecule has 0 aliphatic rings. The van der Waals surface area contributed by atoms with Gasteiger partial charge in [0, 0.05) is 20.2 Å². The van der Waals surface area contributed by atoms with Crippen molar-refractivity contribution in [2.24, 2.45) is 0 Å². The van der Waals surface area contributed by atoms with Crippen LogP contribution in [0.5, 0.6) is 0 Å². The van der Waals surface area contributed by atoms with Crippen LogP contribution in [0.2, 0.25) is 0 Å². The minimum absolute atomic E-state index is 0.290. The van der Waals surface area contributed by atoms with Gasteiger partial charge in [-0.25, -0.2) is 9.37 Å². The van der Waals surface area contributed by atoms with E-state index in [0.29, 0.717) is 11.1 Å². The van der Waals surface area contributed by atoms with Gasteiger partial charge in [-0.05, 0) is 47.2 Å². The highest BCUT2D eigenvalue weighted by Crippen LogP contribution is 2.33. The normalized spacial score (nSPS) is 10.9. The molecule has 3 aromatic rings.